The molecule has 0 amide bonds. The van der Waals surface area contributed by atoms with Gasteiger partial charge in [-0.3, -0.25) is 0 Å². The van der Waals surface area contributed by atoms with Crippen molar-refractivity contribution < 1.29 is 0 Å². The number of rotatable bonds is 30. The van der Waals surface area contributed by atoms with Crippen LogP contribution in [-0.4, -0.2) is 0 Å². The van der Waals surface area contributed by atoms with E-state index in [9.17, 15) is 0 Å². The molecule has 0 aromatic carbocycles. The summed E-state index contributed by atoms with van der Waals surface area (Å²) in [5, 5.41) is 0. The van der Waals surface area contributed by atoms with E-state index in [-0.39, 0.29) is 0 Å². The Labute approximate surface area is 255 Å². The van der Waals surface area contributed by atoms with Gasteiger partial charge in [-0.1, -0.05) is 213 Å². The molecule has 0 nitrogen and oxygen atoms in total. The minimum absolute atomic E-state index is 0.416. The lowest BCUT2D eigenvalue weighted by molar-refractivity contribution is 0.0359. The Kier molecular flexibility index (Phi) is 23.5. The minimum Gasteiger partial charge on any atom is -0.0804 e. The summed E-state index contributed by atoms with van der Waals surface area (Å²) in [7, 11) is 0. The van der Waals surface area contributed by atoms with E-state index < -0.39 is 0 Å². The average Bonchev–Trinajstić information content (AvgIpc) is 3.50. The first-order valence-corrected chi connectivity index (χ1v) is 19.0. The zero-order valence-electron chi connectivity index (χ0n) is 28.7. The van der Waals surface area contributed by atoms with Crippen LogP contribution in [0.15, 0.2) is 23.8 Å². The summed E-state index contributed by atoms with van der Waals surface area (Å²) in [4.78, 5) is 0. The van der Waals surface area contributed by atoms with E-state index in [0.717, 1.165) is 0 Å². The molecular formula is C40H76. The number of allylic oxidation sites excluding steroid dienone is 4. The third-order valence-electron chi connectivity index (χ3n) is 10.6. The molecule has 40 heavy (non-hydrogen) atoms. The van der Waals surface area contributed by atoms with Crippen LogP contribution in [0.4, 0.5) is 0 Å². The first-order valence-electron chi connectivity index (χ1n) is 19.0. The van der Waals surface area contributed by atoms with Gasteiger partial charge in [0.2, 0.25) is 0 Å². The van der Waals surface area contributed by atoms with Crippen molar-refractivity contribution in [2.45, 2.75) is 221 Å². The number of hydrogen-bond donors (Lipinski definition) is 0. The van der Waals surface area contributed by atoms with Gasteiger partial charge < -0.3 is 0 Å². The SMILES string of the molecule is CCCCCCCCC(C)(CCCCCCCC)C(CCCCCCCC)(CCCCCCCC)C1=CC=CC1. The van der Waals surface area contributed by atoms with Crippen molar-refractivity contribution in [3.63, 3.8) is 0 Å². The molecule has 0 aliphatic heterocycles. The van der Waals surface area contributed by atoms with Crippen LogP contribution >= 0.6 is 0 Å². The predicted molar refractivity (Wildman–Crippen MR) is 184 cm³/mol. The van der Waals surface area contributed by atoms with E-state index in [2.05, 4.69) is 52.8 Å². The van der Waals surface area contributed by atoms with Gasteiger partial charge in [-0.05, 0) is 42.9 Å². The maximum absolute atomic E-state index is 2.79. The van der Waals surface area contributed by atoms with Gasteiger partial charge in [0.25, 0.3) is 0 Å². The Morgan fingerprint density at radius 3 is 1.10 bits per heavy atom. The summed E-state index contributed by atoms with van der Waals surface area (Å²) in [5.74, 6) is 0. The van der Waals surface area contributed by atoms with Crippen LogP contribution in [0, 0.1) is 10.8 Å². The van der Waals surface area contributed by atoms with Crippen molar-refractivity contribution in [1.82, 2.24) is 0 Å². The molecule has 0 heterocycles. The molecule has 0 heteroatoms. The molecule has 0 atom stereocenters. The zero-order chi connectivity index (χ0) is 29.2. The lowest BCUT2D eigenvalue weighted by Gasteiger charge is -2.52. The van der Waals surface area contributed by atoms with Gasteiger partial charge in [0.15, 0.2) is 0 Å². The second kappa shape index (κ2) is 25.0. The highest BCUT2D eigenvalue weighted by Gasteiger charge is 2.48. The lowest BCUT2D eigenvalue weighted by atomic mass is 9.52. The summed E-state index contributed by atoms with van der Waals surface area (Å²) in [5.41, 5.74) is 2.69. The molecule has 1 aliphatic carbocycles. The Balaban J connectivity index is 3.11. The van der Waals surface area contributed by atoms with Gasteiger partial charge in [-0.25, -0.2) is 0 Å². The van der Waals surface area contributed by atoms with Gasteiger partial charge in [0.05, 0.1) is 0 Å². The molecule has 0 unspecified atom stereocenters. The van der Waals surface area contributed by atoms with Gasteiger partial charge in [-0.2, -0.15) is 0 Å². The van der Waals surface area contributed by atoms with Crippen LogP contribution in [0.25, 0.3) is 0 Å². The Hall–Kier alpha value is -0.520. The second-order valence-corrected chi connectivity index (χ2v) is 14.0. The summed E-state index contributed by atoms with van der Waals surface area (Å²) >= 11 is 0. The minimum atomic E-state index is 0.416. The monoisotopic (exact) mass is 557 g/mol. The molecule has 0 spiro atoms. The highest BCUT2D eigenvalue weighted by molar-refractivity contribution is 5.31. The number of hydrogen-bond acceptors (Lipinski definition) is 0. The molecule has 0 aromatic heterocycles. The molecule has 0 aromatic rings. The molecule has 0 radical (unpaired) electrons. The fraction of sp³-hybridized carbons (Fsp3) is 0.900. The van der Waals surface area contributed by atoms with Crippen LogP contribution in [0.2, 0.25) is 0 Å². The third kappa shape index (κ3) is 15.1. The molecule has 1 aliphatic rings. The largest absolute Gasteiger partial charge is 0.0804 e. The van der Waals surface area contributed by atoms with Gasteiger partial charge >= 0.3 is 0 Å². The second-order valence-electron chi connectivity index (χ2n) is 14.0. The molecule has 0 saturated heterocycles. The summed E-state index contributed by atoms with van der Waals surface area (Å²) < 4.78 is 0. The smallest absolute Gasteiger partial charge is 0.00281 e. The van der Waals surface area contributed by atoms with Crippen LogP contribution in [-0.2, 0) is 0 Å². The fourth-order valence-electron chi connectivity index (χ4n) is 7.85. The maximum atomic E-state index is 2.79. The first kappa shape index (κ1) is 37.5. The lowest BCUT2D eigenvalue weighted by Crippen LogP contribution is -2.42. The van der Waals surface area contributed by atoms with E-state index in [1.165, 1.54) is 186 Å². The Morgan fingerprint density at radius 1 is 0.450 bits per heavy atom. The van der Waals surface area contributed by atoms with E-state index in [4.69, 9.17) is 0 Å². The van der Waals surface area contributed by atoms with Crippen LogP contribution in [0.1, 0.15) is 221 Å². The molecule has 0 saturated carbocycles. The highest BCUT2D eigenvalue weighted by atomic mass is 14.5. The third-order valence-corrected chi connectivity index (χ3v) is 10.6. The van der Waals surface area contributed by atoms with Crippen molar-refractivity contribution in [3.05, 3.63) is 23.8 Å². The molecule has 1 rings (SSSR count). The quantitative estimate of drug-likeness (QED) is 0.0772. The van der Waals surface area contributed by atoms with Crippen molar-refractivity contribution in [3.8, 4) is 0 Å². The van der Waals surface area contributed by atoms with E-state index >= 15 is 0 Å². The van der Waals surface area contributed by atoms with Crippen LogP contribution in [0.3, 0.4) is 0 Å². The standard InChI is InChI=1S/C40H76/c1-6-10-14-18-22-28-34-39(5,35-29-23-19-15-11-7-2)40(38-32-26-27-33-38,36-30-24-20-16-12-8-3)37-31-25-21-17-13-9-4/h26-27,32H,6-25,28-31,33-37H2,1-5H3. The molecule has 0 bridgehead atoms. The molecule has 0 N–H and O–H groups in total. The fourth-order valence-corrected chi connectivity index (χ4v) is 7.85. The first-order chi connectivity index (χ1) is 19.6. The van der Waals surface area contributed by atoms with Crippen LogP contribution in [0.5, 0.6) is 0 Å². The molecular weight excluding hydrogens is 480 g/mol. The van der Waals surface area contributed by atoms with E-state index in [0.29, 0.717) is 10.8 Å². The van der Waals surface area contributed by atoms with E-state index in [1.807, 2.05) is 5.57 Å². The topological polar surface area (TPSA) is 0 Å². The van der Waals surface area contributed by atoms with Crippen molar-refractivity contribution in [1.29, 1.82) is 0 Å². The number of unbranched alkanes of at least 4 members (excludes halogenated alkanes) is 20. The summed E-state index contributed by atoms with van der Waals surface area (Å²) in [6.07, 6.45) is 48.8. The summed E-state index contributed by atoms with van der Waals surface area (Å²) in [6, 6.07) is 0. The van der Waals surface area contributed by atoms with Crippen molar-refractivity contribution >= 4 is 0 Å². The van der Waals surface area contributed by atoms with E-state index in [1.54, 1.807) is 0 Å². The molecule has 236 valence electrons. The summed E-state index contributed by atoms with van der Waals surface area (Å²) in [6.45, 7) is 12.2. The van der Waals surface area contributed by atoms with Gasteiger partial charge in [-0.15, -0.1) is 0 Å². The predicted octanol–water partition coefficient (Wildman–Crippen LogP) is 14.9. The van der Waals surface area contributed by atoms with Gasteiger partial charge in [0, 0.05) is 0 Å². The van der Waals surface area contributed by atoms with Gasteiger partial charge in [0.1, 0.15) is 0 Å². The van der Waals surface area contributed by atoms with Crippen molar-refractivity contribution in [2.75, 3.05) is 0 Å². The average molecular weight is 557 g/mol. The maximum Gasteiger partial charge on any atom is -0.00281 e. The Bertz CT molecular complexity index is 576. The van der Waals surface area contributed by atoms with Crippen LogP contribution < -0.4 is 0 Å². The zero-order valence-corrected chi connectivity index (χ0v) is 28.7. The molecule has 0 fully saturated rings. The normalized spacial score (nSPS) is 13.9. The Morgan fingerprint density at radius 2 is 0.775 bits per heavy atom. The highest BCUT2D eigenvalue weighted by Crippen LogP contribution is 2.59. The van der Waals surface area contributed by atoms with Crippen molar-refractivity contribution in [2.24, 2.45) is 10.8 Å².